The molecule has 0 aliphatic carbocycles. The first kappa shape index (κ1) is 15.5. The first-order valence-electron chi connectivity index (χ1n) is 7.16. The fraction of sp³-hybridized carbons (Fsp3) is 0.0556. The number of amides is 1. The van der Waals surface area contributed by atoms with Crippen LogP contribution in [0.1, 0.15) is 17.3 Å². The van der Waals surface area contributed by atoms with Crippen molar-refractivity contribution in [2.45, 2.75) is 6.92 Å². The van der Waals surface area contributed by atoms with E-state index in [0.717, 1.165) is 0 Å². The quantitative estimate of drug-likeness (QED) is 0.455. The summed E-state index contributed by atoms with van der Waals surface area (Å²) >= 11 is 0. The lowest BCUT2D eigenvalue weighted by molar-refractivity contribution is -0.131. The molecule has 24 heavy (non-hydrogen) atoms. The highest BCUT2D eigenvalue weighted by Gasteiger charge is 2.13. The Morgan fingerprint density at radius 1 is 1.04 bits per heavy atom. The van der Waals surface area contributed by atoms with Crippen molar-refractivity contribution in [1.29, 1.82) is 0 Å². The largest absolute Gasteiger partial charge is 0.423 e. The van der Waals surface area contributed by atoms with E-state index >= 15 is 0 Å². The van der Waals surface area contributed by atoms with Crippen molar-refractivity contribution >= 4 is 28.5 Å². The molecule has 0 radical (unpaired) electrons. The van der Waals surface area contributed by atoms with E-state index in [1.807, 2.05) is 0 Å². The lowest BCUT2D eigenvalue weighted by atomic mass is 10.2. The monoisotopic (exact) mass is 323 g/mol. The topological polar surface area (TPSA) is 85.6 Å². The van der Waals surface area contributed by atoms with E-state index < -0.39 is 17.5 Å². The predicted octanol–water partition coefficient (Wildman–Crippen LogP) is 2.97. The van der Waals surface area contributed by atoms with Crippen LogP contribution in [0.2, 0.25) is 0 Å². The van der Waals surface area contributed by atoms with Gasteiger partial charge in [0.15, 0.2) is 11.3 Å². The van der Waals surface area contributed by atoms with E-state index in [9.17, 15) is 14.4 Å². The summed E-state index contributed by atoms with van der Waals surface area (Å²) in [5.74, 6) is -0.789. The molecule has 0 atom stereocenters. The summed E-state index contributed by atoms with van der Waals surface area (Å²) in [4.78, 5) is 35.4. The maximum absolute atomic E-state index is 12.2. The van der Waals surface area contributed by atoms with E-state index in [2.05, 4.69) is 5.32 Å². The van der Waals surface area contributed by atoms with E-state index in [1.54, 1.807) is 42.5 Å². The highest BCUT2D eigenvalue weighted by atomic mass is 16.5. The van der Waals surface area contributed by atoms with Crippen LogP contribution in [-0.2, 0) is 4.79 Å². The Balaban J connectivity index is 1.98. The van der Waals surface area contributed by atoms with Crippen LogP contribution in [0.5, 0.6) is 5.75 Å². The van der Waals surface area contributed by atoms with Crippen molar-refractivity contribution in [3.05, 3.63) is 70.6 Å². The van der Waals surface area contributed by atoms with Gasteiger partial charge in [0.25, 0.3) is 5.91 Å². The highest BCUT2D eigenvalue weighted by molar-refractivity contribution is 6.04. The lowest BCUT2D eigenvalue weighted by Gasteiger charge is -2.07. The molecule has 0 spiro atoms. The first-order valence-corrected chi connectivity index (χ1v) is 7.16. The molecule has 1 heterocycles. The summed E-state index contributed by atoms with van der Waals surface area (Å²) in [5.41, 5.74) is -0.149. The van der Waals surface area contributed by atoms with E-state index in [1.165, 1.54) is 19.1 Å². The Bertz CT molecular complexity index is 976. The Morgan fingerprint density at radius 3 is 2.50 bits per heavy atom. The number of esters is 1. The van der Waals surface area contributed by atoms with Crippen LogP contribution in [-0.4, -0.2) is 11.9 Å². The van der Waals surface area contributed by atoms with E-state index in [4.69, 9.17) is 9.15 Å². The predicted molar refractivity (Wildman–Crippen MR) is 88.2 cm³/mol. The molecule has 1 aromatic heterocycles. The maximum Gasteiger partial charge on any atom is 0.360 e. The molecule has 6 heteroatoms. The minimum atomic E-state index is -0.730. The zero-order valence-corrected chi connectivity index (χ0v) is 12.7. The van der Waals surface area contributed by atoms with Gasteiger partial charge >= 0.3 is 11.6 Å². The minimum Gasteiger partial charge on any atom is -0.423 e. The molecule has 0 saturated heterocycles. The Hall–Kier alpha value is -3.41. The minimum absolute atomic E-state index is 0.0105. The van der Waals surface area contributed by atoms with Gasteiger partial charge in [0.05, 0.1) is 0 Å². The number of carbonyl (C=O) groups excluding carboxylic acids is 2. The van der Waals surface area contributed by atoms with Crippen LogP contribution in [0.4, 0.5) is 5.69 Å². The molecule has 6 nitrogen and oxygen atoms in total. The second-order valence-corrected chi connectivity index (χ2v) is 5.04. The molecule has 0 unspecified atom stereocenters. The molecule has 1 amide bonds. The molecule has 0 saturated carbocycles. The molecule has 3 rings (SSSR count). The SMILES string of the molecule is CC(=O)Oc1cccc2cc(NC(=O)c3ccccc3)c(=O)oc12. The van der Waals surface area contributed by atoms with Crippen molar-refractivity contribution in [2.24, 2.45) is 0 Å². The van der Waals surface area contributed by atoms with Gasteiger partial charge in [-0.25, -0.2) is 4.79 Å². The average Bonchev–Trinajstić information content (AvgIpc) is 2.56. The summed E-state index contributed by atoms with van der Waals surface area (Å²) in [5, 5.41) is 3.05. The van der Waals surface area contributed by atoms with Gasteiger partial charge in [0.1, 0.15) is 5.69 Å². The number of nitrogens with one attached hydrogen (secondary N) is 1. The van der Waals surface area contributed by atoms with Crippen molar-refractivity contribution in [3.8, 4) is 5.75 Å². The van der Waals surface area contributed by atoms with Gasteiger partial charge in [-0.2, -0.15) is 0 Å². The molecule has 0 aliphatic heterocycles. The summed E-state index contributed by atoms with van der Waals surface area (Å²) in [7, 11) is 0. The Morgan fingerprint density at radius 2 is 1.79 bits per heavy atom. The number of hydrogen-bond donors (Lipinski definition) is 1. The van der Waals surface area contributed by atoms with Crippen molar-refractivity contribution in [1.82, 2.24) is 0 Å². The number of anilines is 1. The molecule has 0 bridgehead atoms. The zero-order chi connectivity index (χ0) is 17.1. The van der Waals surface area contributed by atoms with Crippen molar-refractivity contribution < 1.29 is 18.7 Å². The number of ether oxygens (including phenoxy) is 1. The third-order valence-electron chi connectivity index (χ3n) is 3.26. The summed E-state index contributed by atoms with van der Waals surface area (Å²) in [6.07, 6.45) is 0. The smallest absolute Gasteiger partial charge is 0.360 e. The molecule has 0 fully saturated rings. The number of para-hydroxylation sites is 1. The van der Waals surface area contributed by atoms with Gasteiger partial charge in [-0.3, -0.25) is 9.59 Å². The van der Waals surface area contributed by atoms with Crippen molar-refractivity contribution in [2.75, 3.05) is 5.32 Å². The normalized spacial score (nSPS) is 10.4. The second kappa shape index (κ2) is 6.37. The number of carbonyl (C=O) groups is 2. The molecule has 0 aliphatic rings. The number of hydrogen-bond acceptors (Lipinski definition) is 5. The molecule has 120 valence electrons. The number of benzene rings is 2. The molecule has 3 aromatic rings. The van der Waals surface area contributed by atoms with Crippen LogP contribution < -0.4 is 15.7 Å². The fourth-order valence-electron chi connectivity index (χ4n) is 2.22. The number of rotatable bonds is 3. The fourth-order valence-corrected chi connectivity index (χ4v) is 2.22. The second-order valence-electron chi connectivity index (χ2n) is 5.04. The van der Waals surface area contributed by atoms with E-state index in [0.29, 0.717) is 10.9 Å². The third-order valence-corrected chi connectivity index (χ3v) is 3.26. The van der Waals surface area contributed by atoms with Crippen molar-refractivity contribution in [3.63, 3.8) is 0 Å². The third kappa shape index (κ3) is 3.17. The van der Waals surface area contributed by atoms with Crippen LogP contribution >= 0.6 is 0 Å². The summed E-state index contributed by atoms with van der Waals surface area (Å²) in [6, 6.07) is 14.9. The lowest BCUT2D eigenvalue weighted by Crippen LogP contribution is -2.17. The average molecular weight is 323 g/mol. The van der Waals surface area contributed by atoms with Gasteiger partial charge in [-0.05, 0) is 24.3 Å². The molecular formula is C18H13NO5. The Labute approximate surface area is 136 Å². The first-order chi connectivity index (χ1) is 11.5. The summed E-state index contributed by atoms with van der Waals surface area (Å²) < 4.78 is 10.2. The molecule has 2 aromatic carbocycles. The van der Waals surface area contributed by atoms with E-state index in [-0.39, 0.29) is 17.0 Å². The van der Waals surface area contributed by atoms with Gasteiger partial charge in [0, 0.05) is 17.9 Å². The Kier molecular flexibility index (Phi) is 4.11. The van der Waals surface area contributed by atoms with Crippen LogP contribution in [0.25, 0.3) is 11.0 Å². The van der Waals surface area contributed by atoms with Crippen LogP contribution in [0.3, 0.4) is 0 Å². The number of fused-ring (bicyclic) bond motifs is 1. The molecular weight excluding hydrogens is 310 g/mol. The van der Waals surface area contributed by atoms with Gasteiger partial charge in [0.2, 0.25) is 0 Å². The van der Waals surface area contributed by atoms with Crippen LogP contribution in [0.15, 0.2) is 63.8 Å². The summed E-state index contributed by atoms with van der Waals surface area (Å²) in [6.45, 7) is 1.26. The van der Waals surface area contributed by atoms with Gasteiger partial charge in [-0.1, -0.05) is 30.3 Å². The molecule has 1 N–H and O–H groups in total. The zero-order valence-electron chi connectivity index (χ0n) is 12.7. The standard InChI is InChI=1S/C18H13NO5/c1-11(20)23-15-9-5-8-13-10-14(18(22)24-16(13)15)19-17(21)12-6-3-2-4-7-12/h2-10H,1H3,(H,19,21). The van der Waals surface area contributed by atoms with Gasteiger partial charge in [-0.15, -0.1) is 0 Å². The van der Waals surface area contributed by atoms with Crippen LogP contribution in [0, 0.1) is 0 Å². The highest BCUT2D eigenvalue weighted by Crippen LogP contribution is 2.26. The maximum atomic E-state index is 12.2. The van der Waals surface area contributed by atoms with Gasteiger partial charge < -0.3 is 14.5 Å².